The zero-order chi connectivity index (χ0) is 6.91. The van der Waals surface area contributed by atoms with Gasteiger partial charge in [0.15, 0.2) is 5.60 Å². The molecule has 0 aromatic carbocycles. The molecule has 0 amide bonds. The smallest absolute Gasteiger partial charge is 0.201 e. The molecule has 2 heteroatoms. The molecule has 1 atom stereocenters. The van der Waals surface area contributed by atoms with Crippen LogP contribution in [0.15, 0.2) is 12.3 Å². The molecule has 2 nitrogen and oxygen atoms in total. The van der Waals surface area contributed by atoms with Crippen LogP contribution < -0.4 is 0 Å². The van der Waals surface area contributed by atoms with Crippen molar-refractivity contribution in [2.24, 2.45) is 0 Å². The highest BCUT2D eigenvalue weighted by Gasteiger charge is 2.33. The second-order valence-electron chi connectivity index (χ2n) is 2.37. The van der Waals surface area contributed by atoms with Crippen LogP contribution >= 0.6 is 0 Å². The predicted molar refractivity (Wildman–Crippen MR) is 33.9 cm³/mol. The Kier molecular flexibility index (Phi) is 1.31. The lowest BCUT2D eigenvalue weighted by molar-refractivity contribution is -0.127. The van der Waals surface area contributed by atoms with Crippen molar-refractivity contribution in [1.82, 2.24) is 0 Å². The fourth-order valence-corrected chi connectivity index (χ4v) is 0.738. The van der Waals surface area contributed by atoms with Gasteiger partial charge < -0.3 is 4.74 Å². The molecule has 0 saturated heterocycles. The standard InChI is InChI=1S/C7H10O2/c1-3-7(2)6(8)4-5-9-7/h4-5H,3H2,1-2H3. The highest BCUT2D eigenvalue weighted by molar-refractivity contribution is 5.98. The minimum absolute atomic E-state index is 0.0741. The Labute approximate surface area is 54.5 Å². The van der Waals surface area contributed by atoms with Crippen molar-refractivity contribution in [3.8, 4) is 0 Å². The maximum Gasteiger partial charge on any atom is 0.201 e. The minimum Gasteiger partial charge on any atom is -0.487 e. The number of hydrogen-bond acceptors (Lipinski definition) is 2. The van der Waals surface area contributed by atoms with Gasteiger partial charge in [0, 0.05) is 6.08 Å². The van der Waals surface area contributed by atoms with Crippen LogP contribution in [0.4, 0.5) is 0 Å². The normalized spacial score (nSPS) is 32.9. The lowest BCUT2D eigenvalue weighted by Crippen LogP contribution is -2.30. The summed E-state index contributed by atoms with van der Waals surface area (Å²) in [6.45, 7) is 3.74. The average Bonchev–Trinajstić information content (AvgIpc) is 2.15. The first kappa shape index (κ1) is 6.33. The van der Waals surface area contributed by atoms with E-state index in [0.29, 0.717) is 0 Å². The van der Waals surface area contributed by atoms with Crippen molar-refractivity contribution in [1.29, 1.82) is 0 Å². The lowest BCUT2D eigenvalue weighted by atomic mass is 9.99. The maximum absolute atomic E-state index is 10.9. The summed E-state index contributed by atoms with van der Waals surface area (Å²) < 4.78 is 5.07. The fourth-order valence-electron chi connectivity index (χ4n) is 0.738. The molecule has 0 aromatic rings. The van der Waals surface area contributed by atoms with E-state index in [2.05, 4.69) is 0 Å². The van der Waals surface area contributed by atoms with Gasteiger partial charge in [-0.3, -0.25) is 4.79 Å². The molecule has 0 bridgehead atoms. The molecule has 0 radical (unpaired) electrons. The highest BCUT2D eigenvalue weighted by atomic mass is 16.5. The summed E-state index contributed by atoms with van der Waals surface area (Å²) in [6.07, 6.45) is 3.67. The van der Waals surface area contributed by atoms with E-state index in [-0.39, 0.29) is 5.78 Å². The molecular weight excluding hydrogens is 116 g/mol. The SMILES string of the molecule is CCC1(C)OC=CC1=O. The van der Waals surface area contributed by atoms with Gasteiger partial charge in [-0.05, 0) is 13.3 Å². The molecule has 0 N–H and O–H groups in total. The third-order valence-electron chi connectivity index (χ3n) is 1.74. The van der Waals surface area contributed by atoms with E-state index in [4.69, 9.17) is 4.74 Å². The van der Waals surface area contributed by atoms with E-state index >= 15 is 0 Å². The van der Waals surface area contributed by atoms with Crippen LogP contribution in [0.1, 0.15) is 20.3 Å². The van der Waals surface area contributed by atoms with Gasteiger partial charge in [0.2, 0.25) is 5.78 Å². The van der Waals surface area contributed by atoms with Crippen molar-refractivity contribution in [3.05, 3.63) is 12.3 Å². The summed E-state index contributed by atoms with van der Waals surface area (Å²) in [5, 5.41) is 0. The van der Waals surface area contributed by atoms with Crippen molar-refractivity contribution in [2.45, 2.75) is 25.9 Å². The third kappa shape index (κ3) is 0.846. The van der Waals surface area contributed by atoms with Crippen LogP contribution in [0.5, 0.6) is 0 Å². The van der Waals surface area contributed by atoms with Gasteiger partial charge in [-0.1, -0.05) is 6.92 Å². The molecular formula is C7H10O2. The number of rotatable bonds is 1. The summed E-state index contributed by atoms with van der Waals surface area (Å²) >= 11 is 0. The Morgan fingerprint density at radius 3 is 2.67 bits per heavy atom. The zero-order valence-electron chi connectivity index (χ0n) is 5.68. The van der Waals surface area contributed by atoms with Crippen molar-refractivity contribution in [3.63, 3.8) is 0 Å². The second-order valence-corrected chi connectivity index (χ2v) is 2.37. The van der Waals surface area contributed by atoms with Gasteiger partial charge in [-0.2, -0.15) is 0 Å². The molecule has 0 spiro atoms. The molecule has 1 rings (SSSR count). The molecule has 1 aliphatic rings. The van der Waals surface area contributed by atoms with E-state index in [1.807, 2.05) is 6.92 Å². The van der Waals surface area contributed by atoms with E-state index < -0.39 is 5.60 Å². The largest absolute Gasteiger partial charge is 0.487 e. The van der Waals surface area contributed by atoms with Gasteiger partial charge in [-0.25, -0.2) is 0 Å². The van der Waals surface area contributed by atoms with Crippen LogP contribution in [0.25, 0.3) is 0 Å². The van der Waals surface area contributed by atoms with Crippen LogP contribution in [0, 0.1) is 0 Å². The van der Waals surface area contributed by atoms with E-state index in [9.17, 15) is 4.79 Å². The molecule has 1 heterocycles. The fraction of sp³-hybridized carbons (Fsp3) is 0.571. The van der Waals surface area contributed by atoms with Crippen molar-refractivity contribution >= 4 is 5.78 Å². The Balaban J connectivity index is 2.74. The summed E-state index contributed by atoms with van der Waals surface area (Å²) in [5.41, 5.74) is -0.556. The van der Waals surface area contributed by atoms with Crippen LogP contribution in [0.3, 0.4) is 0 Å². The molecule has 0 aliphatic carbocycles. The Morgan fingerprint density at radius 2 is 2.44 bits per heavy atom. The molecule has 0 fully saturated rings. The number of carbonyl (C=O) groups excluding carboxylic acids is 1. The monoisotopic (exact) mass is 126 g/mol. The molecule has 1 unspecified atom stereocenters. The number of ether oxygens (including phenoxy) is 1. The summed E-state index contributed by atoms with van der Waals surface area (Å²) in [6, 6.07) is 0. The zero-order valence-corrected chi connectivity index (χ0v) is 5.68. The third-order valence-corrected chi connectivity index (χ3v) is 1.74. The van der Waals surface area contributed by atoms with E-state index in [1.54, 1.807) is 6.92 Å². The minimum atomic E-state index is -0.556. The first-order chi connectivity index (χ1) is 4.19. The molecule has 0 aromatic heterocycles. The quantitative estimate of drug-likeness (QED) is 0.528. The summed E-state index contributed by atoms with van der Waals surface area (Å²) in [7, 11) is 0. The van der Waals surface area contributed by atoms with Gasteiger partial charge in [0.1, 0.15) is 0 Å². The maximum atomic E-state index is 10.9. The predicted octanol–water partition coefficient (Wildman–Crippen LogP) is 1.27. The Bertz CT molecular complexity index is 160. The summed E-state index contributed by atoms with van der Waals surface area (Å²) in [5.74, 6) is 0.0741. The highest BCUT2D eigenvalue weighted by Crippen LogP contribution is 2.22. The molecule has 9 heavy (non-hydrogen) atoms. The van der Waals surface area contributed by atoms with E-state index in [1.165, 1.54) is 12.3 Å². The number of hydrogen-bond donors (Lipinski definition) is 0. The van der Waals surface area contributed by atoms with Gasteiger partial charge in [0.25, 0.3) is 0 Å². The van der Waals surface area contributed by atoms with Crippen LogP contribution in [-0.2, 0) is 9.53 Å². The van der Waals surface area contributed by atoms with Crippen molar-refractivity contribution < 1.29 is 9.53 Å². The lowest BCUT2D eigenvalue weighted by Gasteiger charge is -2.18. The number of carbonyl (C=O) groups is 1. The van der Waals surface area contributed by atoms with Crippen LogP contribution in [0.2, 0.25) is 0 Å². The topological polar surface area (TPSA) is 26.3 Å². The number of ketones is 1. The van der Waals surface area contributed by atoms with Gasteiger partial charge in [0.05, 0.1) is 6.26 Å². The van der Waals surface area contributed by atoms with Crippen LogP contribution in [-0.4, -0.2) is 11.4 Å². The second kappa shape index (κ2) is 1.87. The first-order valence-corrected chi connectivity index (χ1v) is 3.08. The van der Waals surface area contributed by atoms with E-state index in [0.717, 1.165) is 6.42 Å². The Morgan fingerprint density at radius 1 is 1.78 bits per heavy atom. The Hall–Kier alpha value is -0.790. The molecule has 50 valence electrons. The summed E-state index contributed by atoms with van der Waals surface area (Å²) in [4.78, 5) is 10.9. The molecule has 1 aliphatic heterocycles. The van der Waals surface area contributed by atoms with Gasteiger partial charge in [-0.15, -0.1) is 0 Å². The van der Waals surface area contributed by atoms with Crippen molar-refractivity contribution in [2.75, 3.05) is 0 Å². The molecule has 0 saturated carbocycles. The first-order valence-electron chi connectivity index (χ1n) is 3.08. The van der Waals surface area contributed by atoms with Gasteiger partial charge >= 0.3 is 0 Å². The average molecular weight is 126 g/mol.